The lowest BCUT2D eigenvalue weighted by Gasteiger charge is -2.22. The Morgan fingerprint density at radius 1 is 1.21 bits per heavy atom. The van der Waals surface area contributed by atoms with Crippen molar-refractivity contribution < 1.29 is 13.9 Å². The topological polar surface area (TPSA) is 54.7 Å². The maximum Gasteiger partial charge on any atom is 0.251 e. The molecule has 0 saturated heterocycles. The van der Waals surface area contributed by atoms with Crippen LogP contribution in [0.25, 0.3) is 0 Å². The van der Waals surface area contributed by atoms with E-state index in [2.05, 4.69) is 12.2 Å². The number of carbonyl (C=O) groups excluding carboxylic acids is 1. The smallest absolute Gasteiger partial charge is 0.251 e. The molecule has 2 aromatic rings. The number of rotatable bonds is 11. The molecule has 1 heterocycles. The normalized spacial score (nSPS) is 12.2. The SMILES string of the molecule is CCCCCCOc1c(Cl)cc(C(=O)NCC(c2ccco2)N(C)C)cc1Cl. The molecule has 0 bridgehead atoms. The predicted octanol–water partition coefficient (Wildman–Crippen LogP) is 5.58. The molecule has 1 aromatic heterocycles. The molecule has 0 spiro atoms. The largest absolute Gasteiger partial charge is 0.490 e. The molecule has 154 valence electrons. The van der Waals surface area contributed by atoms with Crippen LogP contribution in [0, 0.1) is 0 Å². The molecular weight excluding hydrogens is 399 g/mol. The molecule has 1 amide bonds. The number of benzene rings is 1. The number of hydrogen-bond acceptors (Lipinski definition) is 4. The van der Waals surface area contributed by atoms with Gasteiger partial charge in [0.05, 0.1) is 29.0 Å². The average Bonchev–Trinajstić information content (AvgIpc) is 3.17. The molecule has 1 aromatic carbocycles. The number of nitrogens with zero attached hydrogens (tertiary/aromatic N) is 1. The summed E-state index contributed by atoms with van der Waals surface area (Å²) in [6, 6.07) is 6.81. The first-order valence-electron chi connectivity index (χ1n) is 9.53. The summed E-state index contributed by atoms with van der Waals surface area (Å²) >= 11 is 12.6. The van der Waals surface area contributed by atoms with Crippen LogP contribution in [0.4, 0.5) is 0 Å². The van der Waals surface area contributed by atoms with Gasteiger partial charge in [-0.15, -0.1) is 0 Å². The molecule has 28 heavy (non-hydrogen) atoms. The third-order valence-electron chi connectivity index (χ3n) is 4.46. The van der Waals surface area contributed by atoms with Crippen molar-refractivity contribution >= 4 is 29.1 Å². The van der Waals surface area contributed by atoms with Gasteiger partial charge in [-0.25, -0.2) is 0 Å². The molecule has 0 aliphatic carbocycles. The fraction of sp³-hybridized carbons (Fsp3) is 0.476. The monoisotopic (exact) mass is 426 g/mol. The summed E-state index contributed by atoms with van der Waals surface area (Å²) in [5.74, 6) is 0.961. The highest BCUT2D eigenvalue weighted by Gasteiger charge is 2.19. The van der Waals surface area contributed by atoms with Crippen LogP contribution < -0.4 is 10.1 Å². The van der Waals surface area contributed by atoms with Crippen LogP contribution in [-0.2, 0) is 0 Å². The number of nitrogens with one attached hydrogen (secondary N) is 1. The van der Waals surface area contributed by atoms with E-state index in [4.69, 9.17) is 32.4 Å². The minimum absolute atomic E-state index is 0.0735. The molecule has 0 saturated carbocycles. The number of unbranched alkanes of at least 4 members (excludes halogenated alkanes) is 3. The maximum atomic E-state index is 12.6. The van der Waals surface area contributed by atoms with Gasteiger partial charge in [-0.2, -0.15) is 0 Å². The lowest BCUT2D eigenvalue weighted by atomic mass is 10.1. The van der Waals surface area contributed by atoms with Gasteiger partial charge in [0, 0.05) is 12.1 Å². The van der Waals surface area contributed by atoms with Crippen molar-refractivity contribution in [2.24, 2.45) is 0 Å². The Balaban J connectivity index is 1.97. The summed E-state index contributed by atoms with van der Waals surface area (Å²) in [5.41, 5.74) is 0.394. The Hall–Kier alpha value is -1.69. The molecular formula is C21H28Cl2N2O3. The van der Waals surface area contributed by atoms with Gasteiger partial charge in [0.2, 0.25) is 0 Å². The number of amides is 1. The van der Waals surface area contributed by atoms with Crippen molar-refractivity contribution in [3.05, 3.63) is 51.9 Å². The molecule has 0 aliphatic heterocycles. The lowest BCUT2D eigenvalue weighted by molar-refractivity contribution is 0.0939. The van der Waals surface area contributed by atoms with E-state index in [1.54, 1.807) is 18.4 Å². The molecule has 0 radical (unpaired) electrons. The Morgan fingerprint density at radius 3 is 2.50 bits per heavy atom. The molecule has 2 rings (SSSR count). The first kappa shape index (κ1) is 22.6. The highest BCUT2D eigenvalue weighted by Crippen LogP contribution is 2.34. The molecule has 1 atom stereocenters. The number of ether oxygens (including phenoxy) is 1. The third kappa shape index (κ3) is 6.43. The summed E-state index contributed by atoms with van der Waals surface area (Å²) in [5, 5.41) is 3.58. The molecule has 5 nitrogen and oxygen atoms in total. The van der Waals surface area contributed by atoms with Crippen LogP contribution in [0.3, 0.4) is 0 Å². The van der Waals surface area contributed by atoms with Gasteiger partial charge >= 0.3 is 0 Å². The van der Waals surface area contributed by atoms with E-state index in [9.17, 15) is 4.79 Å². The zero-order valence-electron chi connectivity index (χ0n) is 16.6. The van der Waals surface area contributed by atoms with Gasteiger partial charge in [-0.1, -0.05) is 49.4 Å². The number of likely N-dealkylation sites (N-methyl/N-ethyl adjacent to an activating group) is 1. The van der Waals surface area contributed by atoms with Crippen LogP contribution in [0.2, 0.25) is 10.0 Å². The average molecular weight is 427 g/mol. The maximum absolute atomic E-state index is 12.6. The second-order valence-electron chi connectivity index (χ2n) is 6.88. The fourth-order valence-electron chi connectivity index (χ4n) is 2.84. The van der Waals surface area contributed by atoms with Crippen molar-refractivity contribution in [1.82, 2.24) is 10.2 Å². The number of carbonyl (C=O) groups is 1. The zero-order chi connectivity index (χ0) is 20.5. The first-order valence-corrected chi connectivity index (χ1v) is 10.3. The minimum Gasteiger partial charge on any atom is -0.490 e. The first-order chi connectivity index (χ1) is 13.4. The summed E-state index contributed by atoms with van der Waals surface area (Å²) < 4.78 is 11.2. The van der Waals surface area contributed by atoms with Gasteiger partial charge < -0.3 is 14.5 Å². The van der Waals surface area contributed by atoms with Crippen molar-refractivity contribution in [3.63, 3.8) is 0 Å². The van der Waals surface area contributed by atoms with E-state index >= 15 is 0 Å². The van der Waals surface area contributed by atoms with Gasteiger partial charge in [0.15, 0.2) is 5.75 Å². The van der Waals surface area contributed by atoms with E-state index in [0.29, 0.717) is 34.5 Å². The van der Waals surface area contributed by atoms with Crippen molar-refractivity contribution in [2.45, 2.75) is 38.6 Å². The summed E-state index contributed by atoms with van der Waals surface area (Å²) in [7, 11) is 3.86. The molecule has 0 fully saturated rings. The quantitative estimate of drug-likeness (QED) is 0.476. The third-order valence-corrected chi connectivity index (χ3v) is 5.02. The number of halogens is 2. The van der Waals surface area contributed by atoms with Gasteiger partial charge in [-0.05, 0) is 44.8 Å². The van der Waals surface area contributed by atoms with Crippen molar-refractivity contribution in [1.29, 1.82) is 0 Å². The van der Waals surface area contributed by atoms with Crippen LogP contribution in [0.15, 0.2) is 34.9 Å². The summed E-state index contributed by atoms with van der Waals surface area (Å²) in [6.45, 7) is 3.11. The second-order valence-corrected chi connectivity index (χ2v) is 7.70. The van der Waals surface area contributed by atoms with E-state index in [1.165, 1.54) is 12.8 Å². The highest BCUT2D eigenvalue weighted by molar-refractivity contribution is 6.37. The Labute approximate surface area is 176 Å². The molecule has 7 heteroatoms. The van der Waals surface area contributed by atoms with Crippen molar-refractivity contribution in [2.75, 3.05) is 27.2 Å². The van der Waals surface area contributed by atoms with E-state index in [0.717, 1.165) is 18.6 Å². The van der Waals surface area contributed by atoms with Crippen molar-refractivity contribution in [3.8, 4) is 5.75 Å². The van der Waals surface area contributed by atoms with Crippen LogP contribution >= 0.6 is 23.2 Å². The van der Waals surface area contributed by atoms with E-state index in [-0.39, 0.29) is 11.9 Å². The van der Waals surface area contributed by atoms with Crippen LogP contribution in [-0.4, -0.2) is 38.1 Å². The summed E-state index contributed by atoms with van der Waals surface area (Å²) in [4.78, 5) is 14.6. The Kier molecular flexibility index (Phi) is 9.16. The van der Waals surface area contributed by atoms with Gasteiger partial charge in [0.1, 0.15) is 5.76 Å². The van der Waals surface area contributed by atoms with E-state index in [1.807, 2.05) is 31.1 Å². The predicted molar refractivity (Wildman–Crippen MR) is 114 cm³/mol. The number of furan rings is 1. The lowest BCUT2D eigenvalue weighted by Crippen LogP contribution is -2.34. The Morgan fingerprint density at radius 2 is 1.93 bits per heavy atom. The highest BCUT2D eigenvalue weighted by atomic mass is 35.5. The van der Waals surface area contributed by atoms with Gasteiger partial charge in [-0.3, -0.25) is 9.69 Å². The fourth-order valence-corrected chi connectivity index (χ4v) is 3.44. The van der Waals surface area contributed by atoms with E-state index < -0.39 is 0 Å². The number of hydrogen-bond donors (Lipinski definition) is 1. The standard InChI is InChI=1S/C21H28Cl2N2O3/c1-4-5-6-7-10-28-20-16(22)12-15(13-17(20)23)21(26)24-14-18(25(2)3)19-9-8-11-27-19/h8-9,11-13,18H,4-7,10,14H2,1-3H3,(H,24,26). The molecule has 0 aliphatic rings. The van der Waals surface area contributed by atoms with Crippen LogP contribution in [0.1, 0.15) is 54.8 Å². The minimum atomic E-state index is -0.253. The molecule has 1 N–H and O–H groups in total. The van der Waals surface area contributed by atoms with Gasteiger partial charge in [0.25, 0.3) is 5.91 Å². The Bertz CT molecular complexity index is 725. The second kappa shape index (κ2) is 11.3. The summed E-state index contributed by atoms with van der Waals surface area (Å²) in [6.07, 6.45) is 6.01. The zero-order valence-corrected chi connectivity index (χ0v) is 18.1. The molecule has 1 unspecified atom stereocenters. The van der Waals surface area contributed by atoms with Crippen LogP contribution in [0.5, 0.6) is 5.75 Å².